The lowest BCUT2D eigenvalue weighted by molar-refractivity contribution is -0.384. The first-order chi connectivity index (χ1) is 10.3. The second kappa shape index (κ2) is 6.55. The van der Waals surface area contributed by atoms with Crippen molar-refractivity contribution in [1.82, 2.24) is 4.90 Å². The fourth-order valence-corrected chi connectivity index (χ4v) is 3.25. The van der Waals surface area contributed by atoms with Crippen molar-refractivity contribution in [3.05, 3.63) is 28.3 Å². The van der Waals surface area contributed by atoms with E-state index in [1.165, 1.54) is 18.2 Å². The van der Waals surface area contributed by atoms with Gasteiger partial charge in [0.25, 0.3) is 5.69 Å². The number of anilines is 1. The number of rotatable bonds is 6. The molecule has 2 rings (SSSR count). The topological polar surface area (TPSA) is 119 Å². The maximum absolute atomic E-state index is 12.3. The highest BCUT2D eigenvalue weighted by molar-refractivity contribution is 7.89. The lowest BCUT2D eigenvalue weighted by Crippen LogP contribution is -2.28. The zero-order valence-corrected chi connectivity index (χ0v) is 12.6. The number of primary sulfonamides is 1. The van der Waals surface area contributed by atoms with Crippen LogP contribution in [0.4, 0.5) is 15.8 Å². The van der Waals surface area contributed by atoms with E-state index in [4.69, 9.17) is 5.14 Å². The van der Waals surface area contributed by atoms with Crippen molar-refractivity contribution in [2.75, 3.05) is 31.6 Å². The van der Waals surface area contributed by atoms with Gasteiger partial charge in [-0.05, 0) is 12.5 Å². The molecule has 0 unspecified atom stereocenters. The van der Waals surface area contributed by atoms with Gasteiger partial charge in [-0.3, -0.25) is 15.0 Å². The molecule has 1 aromatic carbocycles. The van der Waals surface area contributed by atoms with Gasteiger partial charge in [-0.1, -0.05) is 6.07 Å². The van der Waals surface area contributed by atoms with E-state index in [0.717, 1.165) is 0 Å². The third kappa shape index (κ3) is 3.70. The highest BCUT2D eigenvalue weighted by atomic mass is 32.2. The van der Waals surface area contributed by atoms with E-state index >= 15 is 0 Å². The number of alkyl halides is 1. The third-order valence-electron chi connectivity index (χ3n) is 3.53. The molecule has 0 spiro atoms. The molecule has 1 fully saturated rings. The highest BCUT2D eigenvalue weighted by Crippen LogP contribution is 2.32. The van der Waals surface area contributed by atoms with Gasteiger partial charge in [0.1, 0.15) is 17.3 Å². The Morgan fingerprint density at radius 2 is 2.23 bits per heavy atom. The quantitative estimate of drug-likeness (QED) is 0.584. The van der Waals surface area contributed by atoms with Gasteiger partial charge in [0.15, 0.2) is 0 Å². The van der Waals surface area contributed by atoms with Crippen LogP contribution in [0.5, 0.6) is 0 Å². The van der Waals surface area contributed by atoms with E-state index in [9.17, 15) is 22.9 Å². The van der Waals surface area contributed by atoms with Crippen molar-refractivity contribution in [2.24, 2.45) is 5.14 Å². The molecule has 1 atom stereocenters. The van der Waals surface area contributed by atoms with Crippen LogP contribution in [0.15, 0.2) is 23.1 Å². The molecule has 0 radical (unpaired) electrons. The summed E-state index contributed by atoms with van der Waals surface area (Å²) >= 11 is 0. The third-order valence-corrected chi connectivity index (χ3v) is 4.48. The molecule has 0 aliphatic carbocycles. The molecule has 1 aliphatic rings. The van der Waals surface area contributed by atoms with Crippen molar-refractivity contribution >= 4 is 21.4 Å². The molecule has 10 heteroatoms. The number of nitrogens with one attached hydrogen (secondary N) is 1. The molecule has 1 saturated heterocycles. The minimum atomic E-state index is -4.10. The van der Waals surface area contributed by atoms with Crippen LogP contribution in [0.2, 0.25) is 0 Å². The Bertz CT molecular complexity index is 667. The molecule has 1 heterocycles. The maximum atomic E-state index is 12.3. The summed E-state index contributed by atoms with van der Waals surface area (Å²) in [5.41, 5.74) is -0.461. The van der Waals surface area contributed by atoms with Crippen LogP contribution in [0.3, 0.4) is 0 Å². The molecule has 22 heavy (non-hydrogen) atoms. The SMILES string of the molecule is NS(=O)(=O)c1cccc([N+](=O)[O-])c1N[C@H]1CCN(CCF)C1. The summed E-state index contributed by atoms with van der Waals surface area (Å²) in [5.74, 6) is 0. The van der Waals surface area contributed by atoms with Gasteiger partial charge in [0.05, 0.1) is 4.92 Å². The molecule has 8 nitrogen and oxygen atoms in total. The van der Waals surface area contributed by atoms with E-state index in [1.54, 1.807) is 0 Å². The van der Waals surface area contributed by atoms with Gasteiger partial charge >= 0.3 is 0 Å². The summed E-state index contributed by atoms with van der Waals surface area (Å²) in [6, 6.07) is 3.50. The van der Waals surface area contributed by atoms with Crippen LogP contribution < -0.4 is 10.5 Å². The first kappa shape index (κ1) is 16.6. The molecule has 0 aromatic heterocycles. The van der Waals surface area contributed by atoms with Gasteiger partial charge in [-0.2, -0.15) is 0 Å². The van der Waals surface area contributed by atoms with Crippen molar-refractivity contribution in [3.63, 3.8) is 0 Å². The largest absolute Gasteiger partial charge is 0.374 e. The van der Waals surface area contributed by atoms with Gasteiger partial charge in [-0.25, -0.2) is 17.9 Å². The first-order valence-electron chi connectivity index (χ1n) is 6.68. The number of hydrogen-bond donors (Lipinski definition) is 2. The summed E-state index contributed by atoms with van der Waals surface area (Å²) in [4.78, 5) is 12.0. The van der Waals surface area contributed by atoms with Crippen LogP contribution in [-0.4, -0.2) is 50.6 Å². The lowest BCUT2D eigenvalue weighted by Gasteiger charge is -2.17. The molecule has 122 valence electrons. The Morgan fingerprint density at radius 3 is 2.82 bits per heavy atom. The Hall–Kier alpha value is -1.78. The van der Waals surface area contributed by atoms with E-state index in [2.05, 4.69) is 5.32 Å². The predicted octanol–water partition coefficient (Wildman–Crippen LogP) is 0.698. The number of nitrogens with zero attached hydrogens (tertiary/aromatic N) is 2. The average Bonchev–Trinajstić information content (AvgIpc) is 2.85. The van der Waals surface area contributed by atoms with Crippen molar-refractivity contribution in [1.29, 1.82) is 0 Å². The van der Waals surface area contributed by atoms with Gasteiger partial charge < -0.3 is 5.32 Å². The predicted molar refractivity (Wildman–Crippen MR) is 78.9 cm³/mol. The van der Waals surface area contributed by atoms with Crippen molar-refractivity contribution < 1.29 is 17.7 Å². The van der Waals surface area contributed by atoms with Crippen molar-refractivity contribution in [2.45, 2.75) is 17.4 Å². The van der Waals surface area contributed by atoms with Crippen LogP contribution in [0.1, 0.15) is 6.42 Å². The van der Waals surface area contributed by atoms with Crippen LogP contribution in [-0.2, 0) is 10.0 Å². The monoisotopic (exact) mass is 332 g/mol. The second-order valence-electron chi connectivity index (χ2n) is 5.07. The number of halogens is 1. The molecular weight excluding hydrogens is 315 g/mol. The minimum Gasteiger partial charge on any atom is -0.374 e. The fourth-order valence-electron chi connectivity index (χ4n) is 2.53. The Morgan fingerprint density at radius 1 is 1.50 bits per heavy atom. The average molecular weight is 332 g/mol. The summed E-state index contributed by atoms with van der Waals surface area (Å²) in [6.45, 7) is 0.949. The Labute approximate surface area is 127 Å². The first-order valence-corrected chi connectivity index (χ1v) is 8.22. The van der Waals surface area contributed by atoms with E-state index in [-0.39, 0.29) is 28.9 Å². The molecular formula is C12H17FN4O4S. The van der Waals surface area contributed by atoms with Crippen LogP contribution in [0, 0.1) is 10.1 Å². The number of benzene rings is 1. The second-order valence-corrected chi connectivity index (χ2v) is 6.60. The summed E-state index contributed by atoms with van der Waals surface area (Å²) in [7, 11) is -4.10. The summed E-state index contributed by atoms with van der Waals surface area (Å²) in [5, 5.41) is 19.1. The molecule has 0 amide bonds. The van der Waals surface area contributed by atoms with Gasteiger partial charge in [-0.15, -0.1) is 0 Å². The Balaban J connectivity index is 2.31. The maximum Gasteiger partial charge on any atom is 0.293 e. The van der Waals surface area contributed by atoms with Crippen LogP contribution >= 0.6 is 0 Å². The fraction of sp³-hybridized carbons (Fsp3) is 0.500. The molecule has 3 N–H and O–H groups in total. The van der Waals surface area contributed by atoms with E-state index in [0.29, 0.717) is 19.5 Å². The van der Waals surface area contributed by atoms with Gasteiger partial charge in [0.2, 0.25) is 10.0 Å². The number of nitrogens with two attached hydrogens (primary N) is 1. The lowest BCUT2D eigenvalue weighted by atomic mass is 10.2. The van der Waals surface area contributed by atoms with Crippen LogP contribution in [0.25, 0.3) is 0 Å². The standard InChI is InChI=1S/C12H17FN4O4S/c13-5-7-16-6-4-9(8-16)15-12-10(17(18)19)2-1-3-11(12)22(14,20)21/h1-3,9,15H,4-8H2,(H2,14,20,21)/t9-/m0/s1. The summed E-state index contributed by atoms with van der Waals surface area (Å²) in [6.07, 6.45) is 0.635. The smallest absolute Gasteiger partial charge is 0.293 e. The Kier molecular flexibility index (Phi) is 4.94. The molecule has 0 saturated carbocycles. The van der Waals surface area contributed by atoms with E-state index in [1.807, 2.05) is 4.90 Å². The number of hydrogen-bond acceptors (Lipinski definition) is 6. The molecule has 0 bridgehead atoms. The number of para-hydroxylation sites is 1. The minimum absolute atomic E-state index is 0.109. The number of sulfonamides is 1. The normalized spacial score (nSPS) is 19.3. The number of nitro groups is 1. The zero-order chi connectivity index (χ0) is 16.3. The summed E-state index contributed by atoms with van der Waals surface area (Å²) < 4.78 is 35.6. The van der Waals surface area contributed by atoms with Gasteiger partial charge in [0, 0.05) is 31.7 Å². The van der Waals surface area contributed by atoms with E-state index < -0.39 is 21.6 Å². The molecule has 1 aromatic rings. The highest BCUT2D eigenvalue weighted by Gasteiger charge is 2.28. The number of likely N-dealkylation sites (tertiary alicyclic amines) is 1. The zero-order valence-electron chi connectivity index (χ0n) is 11.7. The van der Waals surface area contributed by atoms with Crippen molar-refractivity contribution in [3.8, 4) is 0 Å². The molecule has 1 aliphatic heterocycles. The number of nitro benzene ring substituents is 1.